The van der Waals surface area contributed by atoms with Gasteiger partial charge in [-0.25, -0.2) is 13.2 Å². The summed E-state index contributed by atoms with van der Waals surface area (Å²) in [4.78, 5) is 11.3. The number of hydrogen-bond donors (Lipinski definition) is 1. The lowest BCUT2D eigenvalue weighted by atomic mass is 10.2. The van der Waals surface area contributed by atoms with Gasteiger partial charge in [0.05, 0.1) is 12.1 Å². The first-order valence-electron chi connectivity index (χ1n) is 4.02. The highest BCUT2D eigenvalue weighted by Gasteiger charge is 2.12. The molecule has 1 aromatic carbocycles. The highest BCUT2D eigenvalue weighted by Crippen LogP contribution is 2.13. The van der Waals surface area contributed by atoms with Crippen molar-refractivity contribution in [2.24, 2.45) is 0 Å². The number of benzene rings is 1. The Hall–Kier alpha value is -0.790. The standard InChI is InChI=1S/C9H7F3INO/c10-5-1-2-6(7(13)3-5)9(15)14-4-8(11)12/h1-3,8H,4H2,(H,14,15). The minimum Gasteiger partial charge on any atom is -0.346 e. The van der Waals surface area contributed by atoms with Crippen molar-refractivity contribution in [3.05, 3.63) is 33.1 Å². The Kier molecular flexibility index (Phi) is 4.37. The molecule has 82 valence electrons. The average Bonchev–Trinajstić information content (AvgIpc) is 2.14. The summed E-state index contributed by atoms with van der Waals surface area (Å²) in [6.45, 7) is -0.702. The Labute approximate surface area is 98.0 Å². The van der Waals surface area contributed by atoms with Gasteiger partial charge in [0.1, 0.15) is 5.82 Å². The molecule has 0 heterocycles. The van der Waals surface area contributed by atoms with Gasteiger partial charge in [-0.2, -0.15) is 0 Å². The fraction of sp³-hybridized carbons (Fsp3) is 0.222. The fourth-order valence-electron chi connectivity index (χ4n) is 0.939. The maximum atomic E-state index is 12.7. The van der Waals surface area contributed by atoms with E-state index in [2.05, 4.69) is 0 Å². The minimum atomic E-state index is -2.59. The summed E-state index contributed by atoms with van der Waals surface area (Å²) >= 11 is 1.77. The summed E-state index contributed by atoms with van der Waals surface area (Å²) in [5.41, 5.74) is 0.192. The molecule has 1 N–H and O–H groups in total. The van der Waals surface area contributed by atoms with E-state index in [9.17, 15) is 18.0 Å². The third-order valence-electron chi connectivity index (χ3n) is 1.59. The maximum Gasteiger partial charge on any atom is 0.255 e. The summed E-state index contributed by atoms with van der Waals surface area (Å²) in [5.74, 6) is -1.09. The lowest BCUT2D eigenvalue weighted by Crippen LogP contribution is -2.29. The summed E-state index contributed by atoms with van der Waals surface area (Å²) < 4.78 is 36.7. The van der Waals surface area contributed by atoms with E-state index >= 15 is 0 Å². The smallest absolute Gasteiger partial charge is 0.255 e. The quantitative estimate of drug-likeness (QED) is 0.848. The fourth-order valence-corrected chi connectivity index (χ4v) is 1.66. The highest BCUT2D eigenvalue weighted by atomic mass is 127. The number of carbonyl (C=O) groups excluding carboxylic acids is 1. The maximum absolute atomic E-state index is 12.7. The van der Waals surface area contributed by atoms with Crippen molar-refractivity contribution in [1.29, 1.82) is 0 Å². The zero-order valence-electron chi connectivity index (χ0n) is 7.44. The van der Waals surface area contributed by atoms with Crippen LogP contribution in [0, 0.1) is 9.39 Å². The molecule has 0 bridgehead atoms. The molecule has 0 spiro atoms. The second-order valence-electron chi connectivity index (χ2n) is 2.73. The van der Waals surface area contributed by atoms with Gasteiger partial charge in [-0.15, -0.1) is 0 Å². The molecule has 1 amide bonds. The molecule has 0 aromatic heterocycles. The third-order valence-corrected chi connectivity index (χ3v) is 2.49. The normalized spacial score (nSPS) is 10.5. The second kappa shape index (κ2) is 5.34. The van der Waals surface area contributed by atoms with Crippen molar-refractivity contribution < 1.29 is 18.0 Å². The minimum absolute atomic E-state index is 0.192. The molecule has 0 saturated carbocycles. The van der Waals surface area contributed by atoms with Crippen LogP contribution in [0.4, 0.5) is 13.2 Å². The topological polar surface area (TPSA) is 29.1 Å². The number of hydrogen-bond acceptors (Lipinski definition) is 1. The molecule has 0 unspecified atom stereocenters. The van der Waals surface area contributed by atoms with Gasteiger partial charge in [0, 0.05) is 3.57 Å². The number of rotatable bonds is 3. The van der Waals surface area contributed by atoms with Crippen LogP contribution in [0.3, 0.4) is 0 Å². The van der Waals surface area contributed by atoms with E-state index in [1.165, 1.54) is 6.07 Å². The van der Waals surface area contributed by atoms with Crippen molar-refractivity contribution in [1.82, 2.24) is 5.32 Å². The van der Waals surface area contributed by atoms with Crippen LogP contribution in [0.15, 0.2) is 18.2 Å². The van der Waals surface area contributed by atoms with Crippen LogP contribution in [0.5, 0.6) is 0 Å². The van der Waals surface area contributed by atoms with Gasteiger partial charge in [0.15, 0.2) is 0 Å². The second-order valence-corrected chi connectivity index (χ2v) is 3.89. The first-order chi connectivity index (χ1) is 7.00. The molecule has 2 nitrogen and oxygen atoms in total. The number of nitrogens with one attached hydrogen (secondary N) is 1. The van der Waals surface area contributed by atoms with Gasteiger partial charge in [-0.3, -0.25) is 4.79 Å². The zero-order chi connectivity index (χ0) is 11.4. The zero-order valence-corrected chi connectivity index (χ0v) is 9.59. The van der Waals surface area contributed by atoms with E-state index in [0.717, 1.165) is 12.1 Å². The first kappa shape index (κ1) is 12.3. The van der Waals surface area contributed by atoms with Crippen LogP contribution in [-0.2, 0) is 0 Å². The van der Waals surface area contributed by atoms with Gasteiger partial charge >= 0.3 is 0 Å². The predicted molar refractivity (Wildman–Crippen MR) is 57.5 cm³/mol. The Bertz CT molecular complexity index is 370. The van der Waals surface area contributed by atoms with Gasteiger partial charge in [-0.1, -0.05) is 0 Å². The monoisotopic (exact) mass is 329 g/mol. The number of amides is 1. The largest absolute Gasteiger partial charge is 0.346 e. The van der Waals surface area contributed by atoms with Crippen molar-refractivity contribution in [3.8, 4) is 0 Å². The summed E-state index contributed by atoms with van der Waals surface area (Å²) in [5, 5.41) is 2.04. The summed E-state index contributed by atoms with van der Waals surface area (Å²) in [6.07, 6.45) is -2.59. The molecular formula is C9H7F3INO. The van der Waals surface area contributed by atoms with Crippen molar-refractivity contribution >= 4 is 28.5 Å². The highest BCUT2D eigenvalue weighted by molar-refractivity contribution is 14.1. The SMILES string of the molecule is O=C(NCC(F)F)c1ccc(F)cc1I. The van der Waals surface area contributed by atoms with E-state index in [1.807, 2.05) is 5.32 Å². The van der Waals surface area contributed by atoms with Crippen LogP contribution >= 0.6 is 22.6 Å². The van der Waals surface area contributed by atoms with Gasteiger partial charge in [-0.05, 0) is 40.8 Å². The van der Waals surface area contributed by atoms with E-state index in [1.54, 1.807) is 22.6 Å². The van der Waals surface area contributed by atoms with Crippen LogP contribution in [0.1, 0.15) is 10.4 Å². The average molecular weight is 329 g/mol. The molecular weight excluding hydrogens is 322 g/mol. The lowest BCUT2D eigenvalue weighted by molar-refractivity contribution is 0.0891. The molecule has 15 heavy (non-hydrogen) atoms. The number of alkyl halides is 2. The predicted octanol–water partition coefficient (Wildman–Crippen LogP) is 2.43. The van der Waals surface area contributed by atoms with Crippen molar-refractivity contribution in [2.75, 3.05) is 6.54 Å². The van der Waals surface area contributed by atoms with E-state index < -0.39 is 24.7 Å². The Morgan fingerprint density at radius 3 is 2.67 bits per heavy atom. The summed E-state index contributed by atoms with van der Waals surface area (Å²) in [7, 11) is 0. The van der Waals surface area contributed by atoms with Crippen LogP contribution < -0.4 is 5.32 Å². The van der Waals surface area contributed by atoms with Crippen molar-refractivity contribution in [2.45, 2.75) is 6.43 Å². The molecule has 1 aromatic rings. The lowest BCUT2D eigenvalue weighted by Gasteiger charge is -2.06. The van der Waals surface area contributed by atoms with Crippen LogP contribution in [0.25, 0.3) is 0 Å². The number of carbonyl (C=O) groups is 1. The molecule has 0 radical (unpaired) electrons. The Morgan fingerprint density at radius 2 is 2.13 bits per heavy atom. The molecule has 1 rings (SSSR count). The molecule has 0 atom stereocenters. The third kappa shape index (κ3) is 3.69. The molecule has 0 saturated heterocycles. The van der Waals surface area contributed by atoms with Gasteiger partial charge in [0.2, 0.25) is 0 Å². The molecule has 0 fully saturated rings. The van der Waals surface area contributed by atoms with Crippen LogP contribution in [-0.4, -0.2) is 18.9 Å². The molecule has 0 aliphatic rings. The van der Waals surface area contributed by atoms with E-state index in [4.69, 9.17) is 0 Å². The molecule has 0 aliphatic carbocycles. The van der Waals surface area contributed by atoms with Gasteiger partial charge in [0.25, 0.3) is 12.3 Å². The van der Waals surface area contributed by atoms with E-state index in [0.29, 0.717) is 3.57 Å². The summed E-state index contributed by atoms with van der Waals surface area (Å²) in [6, 6.07) is 3.54. The van der Waals surface area contributed by atoms with E-state index in [-0.39, 0.29) is 5.56 Å². The molecule has 6 heteroatoms. The Balaban J connectivity index is 2.74. The molecule has 0 aliphatic heterocycles. The van der Waals surface area contributed by atoms with Crippen LogP contribution in [0.2, 0.25) is 0 Å². The van der Waals surface area contributed by atoms with Gasteiger partial charge < -0.3 is 5.32 Å². The number of halogens is 4. The van der Waals surface area contributed by atoms with Crippen molar-refractivity contribution in [3.63, 3.8) is 0 Å². The Morgan fingerprint density at radius 1 is 1.47 bits per heavy atom. The first-order valence-corrected chi connectivity index (χ1v) is 5.10.